The van der Waals surface area contributed by atoms with Gasteiger partial charge in [0.2, 0.25) is 0 Å². The Morgan fingerprint density at radius 1 is 0.962 bits per heavy atom. The second-order valence-electron chi connectivity index (χ2n) is 5.31. The van der Waals surface area contributed by atoms with Gasteiger partial charge in [0, 0.05) is 11.8 Å². The lowest BCUT2D eigenvalue weighted by Crippen LogP contribution is -2.30. The molecule has 0 fully saturated rings. The first-order valence-electron chi connectivity index (χ1n) is 7.87. The van der Waals surface area contributed by atoms with Crippen LogP contribution in [0.15, 0.2) is 42.5 Å². The molecule has 1 N–H and O–H groups in total. The van der Waals surface area contributed by atoms with Gasteiger partial charge in [0.05, 0.1) is 21.3 Å². The van der Waals surface area contributed by atoms with Crippen LogP contribution in [0.25, 0.3) is 0 Å². The number of esters is 1. The highest BCUT2D eigenvalue weighted by Gasteiger charge is 2.23. The normalized spacial score (nSPS) is 11.2. The van der Waals surface area contributed by atoms with Gasteiger partial charge in [-0.15, -0.1) is 0 Å². The van der Waals surface area contributed by atoms with Crippen LogP contribution in [0.1, 0.15) is 17.3 Å². The Morgan fingerprint density at radius 3 is 2.35 bits per heavy atom. The van der Waals surface area contributed by atoms with Crippen LogP contribution in [0.5, 0.6) is 17.2 Å². The van der Waals surface area contributed by atoms with Gasteiger partial charge in [0.25, 0.3) is 5.91 Å². The van der Waals surface area contributed by atoms with Gasteiger partial charge in [-0.25, -0.2) is 4.79 Å². The van der Waals surface area contributed by atoms with E-state index in [0.717, 1.165) is 0 Å². The topological polar surface area (TPSA) is 83.1 Å². The number of hydrogen-bond acceptors (Lipinski definition) is 6. The summed E-state index contributed by atoms with van der Waals surface area (Å²) in [4.78, 5) is 24.7. The van der Waals surface area contributed by atoms with E-state index >= 15 is 0 Å². The van der Waals surface area contributed by atoms with Gasteiger partial charge < -0.3 is 24.3 Å². The molecule has 0 aliphatic carbocycles. The summed E-state index contributed by atoms with van der Waals surface area (Å²) < 4.78 is 20.7. The van der Waals surface area contributed by atoms with Crippen LogP contribution in [-0.4, -0.2) is 39.3 Å². The summed E-state index contributed by atoms with van der Waals surface area (Å²) in [5.74, 6) is 0.104. The number of amides is 1. The minimum atomic E-state index is -1.01. The van der Waals surface area contributed by atoms with E-state index in [1.54, 1.807) is 36.4 Å². The number of hydrogen-bond donors (Lipinski definition) is 1. The molecule has 0 aliphatic rings. The molecule has 1 atom stereocenters. The van der Waals surface area contributed by atoms with Crippen molar-refractivity contribution in [2.24, 2.45) is 0 Å². The van der Waals surface area contributed by atoms with Crippen molar-refractivity contribution >= 4 is 17.6 Å². The Balaban J connectivity index is 2.08. The molecule has 0 unspecified atom stereocenters. The number of rotatable bonds is 7. The van der Waals surface area contributed by atoms with E-state index < -0.39 is 18.0 Å². The minimum absolute atomic E-state index is 0.174. The van der Waals surface area contributed by atoms with Gasteiger partial charge in [0.15, 0.2) is 17.6 Å². The maximum atomic E-state index is 12.4. The zero-order valence-corrected chi connectivity index (χ0v) is 15.1. The summed E-state index contributed by atoms with van der Waals surface area (Å²) in [7, 11) is 4.43. The molecule has 0 heterocycles. The smallest absolute Gasteiger partial charge is 0.342 e. The average Bonchev–Trinajstić information content (AvgIpc) is 2.67. The largest absolute Gasteiger partial charge is 0.497 e. The zero-order valence-electron chi connectivity index (χ0n) is 15.1. The van der Waals surface area contributed by atoms with Crippen LogP contribution in [-0.2, 0) is 9.53 Å². The minimum Gasteiger partial charge on any atom is -0.497 e. The first kappa shape index (κ1) is 19.1. The standard InChI is InChI=1S/C19H21NO6/c1-12(18(21)20-13-7-5-8-14(11-13)23-2)26-19(22)15-9-6-10-16(24-3)17(15)25-4/h5-12H,1-4H3,(H,20,21)/t12-/m1/s1. The maximum absolute atomic E-state index is 12.4. The highest BCUT2D eigenvalue weighted by molar-refractivity contribution is 5.98. The van der Waals surface area contributed by atoms with Crippen molar-refractivity contribution in [3.63, 3.8) is 0 Å². The average molecular weight is 359 g/mol. The van der Waals surface area contributed by atoms with Gasteiger partial charge in [-0.1, -0.05) is 12.1 Å². The highest BCUT2D eigenvalue weighted by Crippen LogP contribution is 2.31. The first-order chi connectivity index (χ1) is 12.5. The van der Waals surface area contributed by atoms with E-state index in [9.17, 15) is 9.59 Å². The summed E-state index contributed by atoms with van der Waals surface area (Å²) in [5.41, 5.74) is 0.712. The summed E-state index contributed by atoms with van der Waals surface area (Å²) in [5, 5.41) is 2.67. The van der Waals surface area contributed by atoms with Gasteiger partial charge in [-0.3, -0.25) is 4.79 Å². The fraction of sp³-hybridized carbons (Fsp3) is 0.263. The van der Waals surface area contributed by atoms with Crippen molar-refractivity contribution in [2.45, 2.75) is 13.0 Å². The molecule has 0 aromatic heterocycles. The number of anilines is 1. The van der Waals surface area contributed by atoms with Crippen molar-refractivity contribution < 1.29 is 28.5 Å². The van der Waals surface area contributed by atoms with Gasteiger partial charge >= 0.3 is 5.97 Å². The molecule has 2 rings (SSSR count). The SMILES string of the molecule is COc1cccc(NC(=O)[C@@H](C)OC(=O)c2cccc(OC)c2OC)c1. The molecule has 138 valence electrons. The molecule has 7 nitrogen and oxygen atoms in total. The molecule has 7 heteroatoms. The molecule has 0 saturated heterocycles. The van der Waals surface area contributed by atoms with Gasteiger partial charge in [-0.2, -0.15) is 0 Å². The third kappa shape index (κ3) is 4.44. The molecule has 2 aromatic rings. The van der Waals surface area contributed by atoms with Crippen LogP contribution < -0.4 is 19.5 Å². The quantitative estimate of drug-likeness (QED) is 0.766. The van der Waals surface area contributed by atoms with E-state index in [1.807, 2.05) is 0 Å². The third-order valence-electron chi connectivity index (χ3n) is 3.61. The van der Waals surface area contributed by atoms with E-state index in [4.69, 9.17) is 18.9 Å². The maximum Gasteiger partial charge on any atom is 0.342 e. The first-order valence-corrected chi connectivity index (χ1v) is 7.87. The van der Waals surface area contributed by atoms with Gasteiger partial charge in [-0.05, 0) is 31.2 Å². The number of para-hydroxylation sites is 1. The molecule has 0 radical (unpaired) electrons. The molecular weight excluding hydrogens is 338 g/mol. The molecule has 2 aromatic carbocycles. The Hall–Kier alpha value is -3.22. The predicted molar refractivity (Wildman–Crippen MR) is 96.0 cm³/mol. The predicted octanol–water partition coefficient (Wildman–Crippen LogP) is 2.90. The lowest BCUT2D eigenvalue weighted by molar-refractivity contribution is -0.123. The number of benzene rings is 2. The van der Waals surface area contributed by atoms with Crippen LogP contribution in [0.4, 0.5) is 5.69 Å². The van der Waals surface area contributed by atoms with E-state index in [-0.39, 0.29) is 11.3 Å². The van der Waals surface area contributed by atoms with Crippen molar-refractivity contribution in [3.8, 4) is 17.2 Å². The molecule has 0 bridgehead atoms. The molecule has 26 heavy (non-hydrogen) atoms. The summed E-state index contributed by atoms with van der Waals surface area (Å²) >= 11 is 0. The van der Waals surface area contributed by atoms with Crippen molar-refractivity contribution in [3.05, 3.63) is 48.0 Å². The monoisotopic (exact) mass is 359 g/mol. The van der Waals surface area contributed by atoms with Crippen LogP contribution >= 0.6 is 0 Å². The van der Waals surface area contributed by atoms with Crippen LogP contribution in [0.3, 0.4) is 0 Å². The number of carbonyl (C=O) groups is 2. The third-order valence-corrected chi connectivity index (χ3v) is 3.61. The second-order valence-corrected chi connectivity index (χ2v) is 5.31. The van der Waals surface area contributed by atoms with Gasteiger partial charge in [0.1, 0.15) is 11.3 Å². The Bertz CT molecular complexity index is 789. The molecule has 0 aliphatic heterocycles. The molecule has 0 spiro atoms. The lowest BCUT2D eigenvalue weighted by Gasteiger charge is -2.16. The Kier molecular flexibility index (Phi) is 6.43. The number of methoxy groups -OCH3 is 3. The fourth-order valence-electron chi connectivity index (χ4n) is 2.27. The fourth-order valence-corrected chi connectivity index (χ4v) is 2.27. The Morgan fingerprint density at radius 2 is 1.69 bits per heavy atom. The van der Waals surface area contributed by atoms with E-state index in [2.05, 4.69) is 5.32 Å². The summed E-state index contributed by atoms with van der Waals surface area (Å²) in [6.07, 6.45) is -1.01. The lowest BCUT2D eigenvalue weighted by atomic mass is 10.2. The van der Waals surface area contributed by atoms with E-state index in [1.165, 1.54) is 34.3 Å². The molecular formula is C19H21NO6. The zero-order chi connectivity index (χ0) is 19.1. The van der Waals surface area contributed by atoms with Crippen molar-refractivity contribution in [2.75, 3.05) is 26.6 Å². The number of carbonyl (C=O) groups excluding carboxylic acids is 2. The van der Waals surface area contributed by atoms with Crippen molar-refractivity contribution in [1.29, 1.82) is 0 Å². The molecule has 0 saturated carbocycles. The second kappa shape index (κ2) is 8.75. The van der Waals surface area contributed by atoms with Crippen molar-refractivity contribution in [1.82, 2.24) is 0 Å². The van der Waals surface area contributed by atoms with Crippen LogP contribution in [0.2, 0.25) is 0 Å². The van der Waals surface area contributed by atoms with E-state index in [0.29, 0.717) is 17.2 Å². The summed E-state index contributed by atoms with van der Waals surface area (Å²) in [6.45, 7) is 1.49. The number of ether oxygens (including phenoxy) is 4. The summed E-state index contributed by atoms with van der Waals surface area (Å²) in [6, 6.07) is 11.7. The molecule has 1 amide bonds. The van der Waals surface area contributed by atoms with Crippen LogP contribution in [0, 0.1) is 0 Å². The number of nitrogens with one attached hydrogen (secondary N) is 1. The Labute approximate surface area is 151 Å². The highest BCUT2D eigenvalue weighted by atomic mass is 16.6.